The third kappa shape index (κ3) is 2.76. The Kier molecular flexibility index (Phi) is 3.85. The van der Waals surface area contributed by atoms with Gasteiger partial charge in [0.15, 0.2) is 5.16 Å². The number of benzene rings is 2. The van der Waals surface area contributed by atoms with E-state index in [0.29, 0.717) is 0 Å². The largest absolute Gasteiger partial charge is 0.497 e. The highest BCUT2D eigenvalue weighted by molar-refractivity contribution is 7.98. The highest BCUT2D eigenvalue weighted by Crippen LogP contribution is 2.27. The van der Waals surface area contributed by atoms with Crippen LogP contribution in [0.15, 0.2) is 47.6 Å². The predicted molar refractivity (Wildman–Crippen MR) is 83.7 cm³/mol. The number of nitrogens with zero attached hydrogens (tertiary/aromatic N) is 1. The van der Waals surface area contributed by atoms with Crippen molar-refractivity contribution >= 4 is 34.4 Å². The van der Waals surface area contributed by atoms with Crippen molar-refractivity contribution in [3.05, 3.63) is 53.1 Å². The Labute approximate surface area is 126 Å². The van der Waals surface area contributed by atoms with Crippen LogP contribution in [0.3, 0.4) is 0 Å². The molecule has 0 amide bonds. The van der Waals surface area contributed by atoms with Crippen molar-refractivity contribution in [3.63, 3.8) is 0 Å². The number of fused-ring (bicyclic) bond motifs is 1. The number of rotatable bonds is 4. The molecule has 0 fully saturated rings. The number of halogens is 1. The van der Waals surface area contributed by atoms with Crippen LogP contribution in [-0.4, -0.2) is 17.1 Å². The molecular weight excluding hydrogens is 292 g/mol. The number of H-pyrrole nitrogens is 1. The monoisotopic (exact) mass is 304 g/mol. The van der Waals surface area contributed by atoms with Gasteiger partial charge in [-0.05, 0) is 23.8 Å². The summed E-state index contributed by atoms with van der Waals surface area (Å²) >= 11 is 7.78. The normalized spacial score (nSPS) is 10.9. The van der Waals surface area contributed by atoms with Crippen LogP contribution in [0, 0.1) is 0 Å². The van der Waals surface area contributed by atoms with Gasteiger partial charge >= 0.3 is 0 Å². The van der Waals surface area contributed by atoms with Gasteiger partial charge in [-0.3, -0.25) is 0 Å². The van der Waals surface area contributed by atoms with Crippen LogP contribution < -0.4 is 4.74 Å². The minimum Gasteiger partial charge on any atom is -0.497 e. The summed E-state index contributed by atoms with van der Waals surface area (Å²) in [4.78, 5) is 7.83. The number of methoxy groups -OCH3 is 1. The van der Waals surface area contributed by atoms with Crippen molar-refractivity contribution in [1.29, 1.82) is 0 Å². The molecule has 0 unspecified atom stereocenters. The molecule has 0 radical (unpaired) electrons. The molecular formula is C15H13ClN2OS. The third-order valence-electron chi connectivity index (χ3n) is 2.99. The summed E-state index contributed by atoms with van der Waals surface area (Å²) in [6.45, 7) is 0. The van der Waals surface area contributed by atoms with Crippen LogP contribution in [0.2, 0.25) is 5.02 Å². The van der Waals surface area contributed by atoms with E-state index in [1.807, 2.05) is 42.5 Å². The van der Waals surface area contributed by atoms with Crippen molar-refractivity contribution in [3.8, 4) is 5.75 Å². The summed E-state index contributed by atoms with van der Waals surface area (Å²) in [7, 11) is 1.66. The average molecular weight is 305 g/mol. The summed E-state index contributed by atoms with van der Waals surface area (Å²) in [6.07, 6.45) is 0. The molecule has 1 heterocycles. The lowest BCUT2D eigenvalue weighted by atomic mass is 10.2. The van der Waals surface area contributed by atoms with Crippen LogP contribution >= 0.6 is 23.4 Å². The molecule has 0 aliphatic rings. The van der Waals surface area contributed by atoms with E-state index in [9.17, 15) is 0 Å². The summed E-state index contributed by atoms with van der Waals surface area (Å²) in [5.74, 6) is 1.61. The maximum absolute atomic E-state index is 6.15. The lowest BCUT2D eigenvalue weighted by molar-refractivity contribution is 0.415. The number of ether oxygens (including phenoxy) is 1. The molecule has 1 aromatic heterocycles. The number of aromatic nitrogens is 2. The Balaban J connectivity index is 1.79. The summed E-state index contributed by atoms with van der Waals surface area (Å²) < 4.78 is 5.20. The van der Waals surface area contributed by atoms with E-state index >= 15 is 0 Å². The van der Waals surface area contributed by atoms with E-state index in [2.05, 4.69) is 9.97 Å². The molecule has 0 saturated carbocycles. The van der Waals surface area contributed by atoms with Crippen molar-refractivity contribution in [2.75, 3.05) is 7.11 Å². The molecule has 0 saturated heterocycles. The lowest BCUT2D eigenvalue weighted by Crippen LogP contribution is -1.83. The van der Waals surface area contributed by atoms with Crippen LogP contribution in [-0.2, 0) is 5.75 Å². The van der Waals surface area contributed by atoms with Gasteiger partial charge in [-0.15, -0.1) is 0 Å². The van der Waals surface area contributed by atoms with Crippen molar-refractivity contribution in [1.82, 2.24) is 9.97 Å². The van der Waals surface area contributed by atoms with Crippen LogP contribution in [0.4, 0.5) is 0 Å². The van der Waals surface area contributed by atoms with E-state index in [1.165, 1.54) is 0 Å². The minimum absolute atomic E-state index is 0.788. The van der Waals surface area contributed by atoms with Crippen molar-refractivity contribution in [2.24, 2.45) is 0 Å². The Morgan fingerprint density at radius 1 is 1.25 bits per heavy atom. The number of thioether (sulfide) groups is 1. The topological polar surface area (TPSA) is 37.9 Å². The molecule has 0 aliphatic heterocycles. The van der Waals surface area contributed by atoms with E-state index < -0.39 is 0 Å². The highest BCUT2D eigenvalue weighted by atomic mass is 35.5. The quantitative estimate of drug-likeness (QED) is 0.720. The minimum atomic E-state index is 0.788. The van der Waals surface area contributed by atoms with Gasteiger partial charge in [0, 0.05) is 16.8 Å². The molecule has 3 rings (SSSR count). The molecule has 20 heavy (non-hydrogen) atoms. The maximum Gasteiger partial charge on any atom is 0.166 e. The molecule has 0 bridgehead atoms. The standard InChI is InChI=1S/C15H13ClN2OS/c1-19-11-6-7-13-14(8-11)18-15(17-13)20-9-10-4-2-3-5-12(10)16/h2-8H,9H2,1H3,(H,17,18). The lowest BCUT2D eigenvalue weighted by Gasteiger charge is -2.01. The first-order chi connectivity index (χ1) is 9.76. The summed E-state index contributed by atoms with van der Waals surface area (Å²) in [6, 6.07) is 13.7. The van der Waals surface area contributed by atoms with Crippen molar-refractivity contribution in [2.45, 2.75) is 10.9 Å². The number of hydrogen-bond acceptors (Lipinski definition) is 3. The molecule has 102 valence electrons. The molecule has 0 aliphatic carbocycles. The average Bonchev–Trinajstić information content (AvgIpc) is 2.88. The first kappa shape index (κ1) is 13.3. The van der Waals surface area contributed by atoms with Gasteiger partial charge in [0.05, 0.1) is 18.1 Å². The first-order valence-corrected chi connectivity index (χ1v) is 7.52. The Bertz CT molecular complexity index is 742. The first-order valence-electron chi connectivity index (χ1n) is 6.16. The van der Waals surface area contributed by atoms with Gasteiger partial charge in [-0.2, -0.15) is 0 Å². The van der Waals surface area contributed by atoms with Gasteiger partial charge in [0.25, 0.3) is 0 Å². The second-order valence-corrected chi connectivity index (χ2v) is 5.68. The van der Waals surface area contributed by atoms with Gasteiger partial charge < -0.3 is 9.72 Å². The Hall–Kier alpha value is -1.65. The zero-order chi connectivity index (χ0) is 13.9. The van der Waals surface area contributed by atoms with E-state index in [4.69, 9.17) is 16.3 Å². The van der Waals surface area contributed by atoms with Gasteiger partial charge in [0.1, 0.15) is 5.75 Å². The van der Waals surface area contributed by atoms with Crippen LogP contribution in [0.5, 0.6) is 5.75 Å². The van der Waals surface area contributed by atoms with Crippen LogP contribution in [0.25, 0.3) is 11.0 Å². The molecule has 0 spiro atoms. The molecule has 3 nitrogen and oxygen atoms in total. The van der Waals surface area contributed by atoms with Gasteiger partial charge in [0.2, 0.25) is 0 Å². The number of imidazole rings is 1. The molecule has 5 heteroatoms. The van der Waals surface area contributed by atoms with E-state index in [-0.39, 0.29) is 0 Å². The van der Waals surface area contributed by atoms with Crippen LogP contribution in [0.1, 0.15) is 5.56 Å². The SMILES string of the molecule is COc1ccc2nc(SCc3ccccc3Cl)[nH]c2c1. The van der Waals surface area contributed by atoms with Gasteiger partial charge in [-0.25, -0.2) is 4.98 Å². The fourth-order valence-electron chi connectivity index (χ4n) is 1.92. The summed E-state index contributed by atoms with van der Waals surface area (Å²) in [5.41, 5.74) is 3.02. The molecule has 1 N–H and O–H groups in total. The molecule has 0 atom stereocenters. The Morgan fingerprint density at radius 2 is 2.10 bits per heavy atom. The molecule has 3 aromatic rings. The van der Waals surface area contributed by atoms with E-state index in [1.54, 1.807) is 18.9 Å². The second-order valence-electron chi connectivity index (χ2n) is 4.31. The maximum atomic E-state index is 6.15. The number of nitrogens with one attached hydrogen (secondary N) is 1. The number of hydrogen-bond donors (Lipinski definition) is 1. The third-order valence-corrected chi connectivity index (χ3v) is 4.28. The fraction of sp³-hybridized carbons (Fsp3) is 0.133. The predicted octanol–water partition coefficient (Wildman–Crippen LogP) is 4.52. The zero-order valence-corrected chi connectivity index (χ0v) is 12.5. The van der Waals surface area contributed by atoms with E-state index in [0.717, 1.165) is 38.3 Å². The highest BCUT2D eigenvalue weighted by Gasteiger charge is 2.06. The molecule has 2 aromatic carbocycles. The number of aromatic amines is 1. The fourth-order valence-corrected chi connectivity index (χ4v) is 3.09. The Morgan fingerprint density at radius 3 is 2.90 bits per heavy atom. The smallest absolute Gasteiger partial charge is 0.166 e. The zero-order valence-electron chi connectivity index (χ0n) is 10.9. The van der Waals surface area contributed by atoms with Crippen molar-refractivity contribution < 1.29 is 4.74 Å². The summed E-state index contributed by atoms with van der Waals surface area (Å²) in [5, 5.41) is 1.67. The van der Waals surface area contributed by atoms with Gasteiger partial charge in [-0.1, -0.05) is 41.6 Å². The second kappa shape index (κ2) is 5.77.